The lowest BCUT2D eigenvalue weighted by Crippen LogP contribution is -2.27. The van der Waals surface area contributed by atoms with Crippen LogP contribution in [0.2, 0.25) is 0 Å². The first-order chi connectivity index (χ1) is 7.94. The number of nitrogens with two attached hydrogens (primary N) is 1. The largest absolute Gasteiger partial charge is 0.461 e. The minimum atomic E-state index is -0.462. The SMILES string of the molecule is CCCC(C)(C)n1cnc(C(=O)OCC)c1N. The predicted octanol–water partition coefficient (Wildman–Crippen LogP) is 2.18. The van der Waals surface area contributed by atoms with Gasteiger partial charge in [-0.3, -0.25) is 0 Å². The maximum Gasteiger partial charge on any atom is 0.360 e. The number of imidazole rings is 1. The van der Waals surface area contributed by atoms with Gasteiger partial charge in [0.1, 0.15) is 5.82 Å². The van der Waals surface area contributed by atoms with E-state index < -0.39 is 5.97 Å². The first kappa shape index (κ1) is 13.5. The molecule has 1 aromatic rings. The van der Waals surface area contributed by atoms with Crippen LogP contribution in [0, 0.1) is 0 Å². The van der Waals surface area contributed by atoms with Crippen molar-refractivity contribution in [2.45, 2.75) is 46.1 Å². The van der Waals surface area contributed by atoms with Crippen LogP contribution in [-0.4, -0.2) is 22.1 Å². The highest BCUT2D eigenvalue weighted by atomic mass is 16.5. The molecule has 0 fully saturated rings. The number of ether oxygens (including phenoxy) is 1. The number of esters is 1. The summed E-state index contributed by atoms with van der Waals surface area (Å²) in [5.74, 6) is -0.0852. The fraction of sp³-hybridized carbons (Fsp3) is 0.667. The van der Waals surface area contributed by atoms with Crippen molar-refractivity contribution in [1.82, 2.24) is 9.55 Å². The zero-order valence-corrected chi connectivity index (χ0v) is 11.0. The molecule has 96 valence electrons. The number of carbonyl (C=O) groups is 1. The summed E-state index contributed by atoms with van der Waals surface area (Å²) >= 11 is 0. The highest BCUT2D eigenvalue weighted by Gasteiger charge is 2.25. The van der Waals surface area contributed by atoms with E-state index in [4.69, 9.17) is 10.5 Å². The van der Waals surface area contributed by atoms with Crippen LogP contribution >= 0.6 is 0 Å². The molecule has 0 saturated heterocycles. The van der Waals surface area contributed by atoms with E-state index in [0.29, 0.717) is 12.4 Å². The van der Waals surface area contributed by atoms with Crippen LogP contribution in [0.1, 0.15) is 51.0 Å². The lowest BCUT2D eigenvalue weighted by Gasteiger charge is -2.27. The Balaban J connectivity index is 3.02. The number of nitrogen functional groups attached to an aromatic ring is 1. The van der Waals surface area contributed by atoms with Crippen LogP contribution in [-0.2, 0) is 10.3 Å². The average Bonchev–Trinajstić information content (AvgIpc) is 2.61. The van der Waals surface area contributed by atoms with Crippen LogP contribution in [0.4, 0.5) is 5.82 Å². The molecule has 0 radical (unpaired) electrons. The summed E-state index contributed by atoms with van der Waals surface area (Å²) < 4.78 is 6.74. The van der Waals surface area contributed by atoms with E-state index in [-0.39, 0.29) is 11.2 Å². The molecule has 5 nitrogen and oxygen atoms in total. The van der Waals surface area contributed by atoms with Gasteiger partial charge in [0.05, 0.1) is 12.9 Å². The van der Waals surface area contributed by atoms with E-state index in [1.807, 2.05) is 4.57 Å². The second kappa shape index (κ2) is 5.21. The number of nitrogens with zero attached hydrogens (tertiary/aromatic N) is 2. The maximum absolute atomic E-state index is 11.6. The second-order valence-electron chi connectivity index (χ2n) is 4.63. The van der Waals surface area contributed by atoms with Gasteiger partial charge in [0.25, 0.3) is 0 Å². The molecule has 0 aliphatic heterocycles. The van der Waals surface area contributed by atoms with E-state index in [9.17, 15) is 4.79 Å². The number of carbonyl (C=O) groups excluding carboxylic acids is 1. The zero-order chi connectivity index (χ0) is 13.1. The summed E-state index contributed by atoms with van der Waals surface area (Å²) in [7, 11) is 0. The molecule has 0 aliphatic rings. The molecule has 0 aliphatic carbocycles. The van der Waals surface area contributed by atoms with E-state index in [0.717, 1.165) is 12.8 Å². The van der Waals surface area contributed by atoms with Crippen LogP contribution < -0.4 is 5.73 Å². The highest BCUT2D eigenvalue weighted by Crippen LogP contribution is 2.26. The van der Waals surface area contributed by atoms with Crippen molar-refractivity contribution in [3.05, 3.63) is 12.0 Å². The number of anilines is 1. The van der Waals surface area contributed by atoms with Crippen molar-refractivity contribution in [1.29, 1.82) is 0 Å². The Bertz CT molecular complexity index is 396. The number of hydrogen-bond acceptors (Lipinski definition) is 4. The third kappa shape index (κ3) is 2.78. The molecule has 17 heavy (non-hydrogen) atoms. The number of rotatable bonds is 5. The van der Waals surface area contributed by atoms with E-state index >= 15 is 0 Å². The fourth-order valence-corrected chi connectivity index (χ4v) is 1.93. The molecule has 0 unspecified atom stereocenters. The Labute approximate surface area is 102 Å². The summed E-state index contributed by atoms with van der Waals surface area (Å²) in [5, 5.41) is 0. The Kier molecular flexibility index (Phi) is 4.15. The van der Waals surface area contributed by atoms with Gasteiger partial charge in [0.15, 0.2) is 5.69 Å². The molecule has 5 heteroatoms. The fourth-order valence-electron chi connectivity index (χ4n) is 1.93. The van der Waals surface area contributed by atoms with Crippen molar-refractivity contribution in [2.24, 2.45) is 0 Å². The minimum Gasteiger partial charge on any atom is -0.461 e. The van der Waals surface area contributed by atoms with E-state index in [1.165, 1.54) is 0 Å². The zero-order valence-electron chi connectivity index (χ0n) is 11.0. The van der Waals surface area contributed by atoms with Gasteiger partial charge in [0.2, 0.25) is 0 Å². The molecule has 0 atom stereocenters. The van der Waals surface area contributed by atoms with Crippen molar-refractivity contribution in [2.75, 3.05) is 12.3 Å². The molecule has 1 aromatic heterocycles. The van der Waals surface area contributed by atoms with Crippen molar-refractivity contribution in [3.8, 4) is 0 Å². The average molecular weight is 239 g/mol. The first-order valence-electron chi connectivity index (χ1n) is 5.94. The van der Waals surface area contributed by atoms with Crippen LogP contribution in [0.25, 0.3) is 0 Å². The predicted molar refractivity (Wildman–Crippen MR) is 66.8 cm³/mol. The molecular formula is C12H21N3O2. The van der Waals surface area contributed by atoms with Crippen molar-refractivity contribution < 1.29 is 9.53 Å². The number of aromatic nitrogens is 2. The quantitative estimate of drug-likeness (QED) is 0.799. The lowest BCUT2D eigenvalue weighted by molar-refractivity contribution is 0.0521. The molecule has 0 aromatic carbocycles. The Morgan fingerprint density at radius 1 is 1.53 bits per heavy atom. The molecule has 0 bridgehead atoms. The number of hydrogen-bond donors (Lipinski definition) is 1. The first-order valence-corrected chi connectivity index (χ1v) is 5.94. The Morgan fingerprint density at radius 2 is 2.18 bits per heavy atom. The van der Waals surface area contributed by atoms with Crippen molar-refractivity contribution in [3.63, 3.8) is 0 Å². The normalized spacial score (nSPS) is 11.5. The summed E-state index contributed by atoms with van der Waals surface area (Å²) in [6, 6.07) is 0. The topological polar surface area (TPSA) is 70.1 Å². The van der Waals surface area contributed by atoms with Gasteiger partial charge in [-0.2, -0.15) is 0 Å². The molecule has 0 spiro atoms. The van der Waals surface area contributed by atoms with Gasteiger partial charge in [-0.15, -0.1) is 0 Å². The highest BCUT2D eigenvalue weighted by molar-refractivity contribution is 5.92. The van der Waals surface area contributed by atoms with E-state index in [2.05, 4.69) is 25.8 Å². The third-order valence-corrected chi connectivity index (χ3v) is 2.79. The standard InChI is InChI=1S/C12H21N3O2/c1-5-7-12(3,4)15-8-14-9(10(15)13)11(16)17-6-2/h8H,5-7,13H2,1-4H3. The second-order valence-corrected chi connectivity index (χ2v) is 4.63. The summed E-state index contributed by atoms with van der Waals surface area (Å²) in [6.07, 6.45) is 3.62. The van der Waals surface area contributed by atoms with Gasteiger partial charge in [-0.1, -0.05) is 13.3 Å². The molecule has 1 heterocycles. The van der Waals surface area contributed by atoms with Crippen LogP contribution in [0.15, 0.2) is 6.33 Å². The van der Waals surface area contributed by atoms with Gasteiger partial charge in [-0.25, -0.2) is 9.78 Å². The Morgan fingerprint density at radius 3 is 2.71 bits per heavy atom. The monoisotopic (exact) mass is 239 g/mol. The summed E-state index contributed by atoms with van der Waals surface area (Å²) in [5.41, 5.74) is 6.01. The van der Waals surface area contributed by atoms with Gasteiger partial charge < -0.3 is 15.0 Å². The molecule has 2 N–H and O–H groups in total. The van der Waals surface area contributed by atoms with Crippen LogP contribution in [0.5, 0.6) is 0 Å². The third-order valence-electron chi connectivity index (χ3n) is 2.79. The van der Waals surface area contributed by atoms with Gasteiger partial charge in [0, 0.05) is 5.54 Å². The van der Waals surface area contributed by atoms with Crippen molar-refractivity contribution >= 4 is 11.8 Å². The Hall–Kier alpha value is -1.52. The maximum atomic E-state index is 11.6. The minimum absolute atomic E-state index is 0.142. The van der Waals surface area contributed by atoms with Gasteiger partial charge >= 0.3 is 5.97 Å². The summed E-state index contributed by atoms with van der Waals surface area (Å²) in [6.45, 7) is 8.34. The molecule has 1 rings (SSSR count). The molecule has 0 saturated carbocycles. The molecule has 0 amide bonds. The van der Waals surface area contributed by atoms with Crippen LogP contribution in [0.3, 0.4) is 0 Å². The molecular weight excluding hydrogens is 218 g/mol. The lowest BCUT2D eigenvalue weighted by atomic mass is 9.99. The van der Waals surface area contributed by atoms with E-state index in [1.54, 1.807) is 13.3 Å². The smallest absolute Gasteiger partial charge is 0.360 e. The van der Waals surface area contributed by atoms with Gasteiger partial charge in [-0.05, 0) is 27.2 Å². The summed E-state index contributed by atoms with van der Waals surface area (Å²) in [4.78, 5) is 15.6.